The summed E-state index contributed by atoms with van der Waals surface area (Å²) < 4.78 is 3.82. The van der Waals surface area contributed by atoms with Crippen LogP contribution in [0.15, 0.2) is 24.3 Å². The van der Waals surface area contributed by atoms with E-state index in [1.165, 1.54) is 0 Å². The number of nitrogens with one attached hydrogen (secondary N) is 2. The molecule has 1 saturated heterocycles. The predicted octanol–water partition coefficient (Wildman–Crippen LogP) is 3.53. The van der Waals surface area contributed by atoms with Crippen LogP contribution in [0.3, 0.4) is 0 Å². The van der Waals surface area contributed by atoms with Crippen LogP contribution in [0, 0.1) is 0 Å². The zero-order valence-electron chi connectivity index (χ0n) is 11.6. The fraction of sp³-hybridized carbons (Fsp3) is 0.500. The van der Waals surface area contributed by atoms with E-state index in [-0.39, 0.29) is 12.0 Å². The highest BCUT2D eigenvalue weighted by Crippen LogP contribution is 2.29. The molecule has 122 valence electrons. The van der Waals surface area contributed by atoms with E-state index in [4.69, 9.17) is 51.1 Å². The van der Waals surface area contributed by atoms with E-state index in [9.17, 15) is 4.79 Å². The quantitative estimate of drug-likeness (QED) is 0.602. The van der Waals surface area contributed by atoms with Crippen LogP contribution >= 0.6 is 46.4 Å². The van der Waals surface area contributed by atoms with Gasteiger partial charge in [0.2, 0.25) is 3.79 Å². The van der Waals surface area contributed by atoms with Crippen molar-refractivity contribution in [3.63, 3.8) is 0 Å². The summed E-state index contributed by atoms with van der Waals surface area (Å²) in [5, 5.41) is 6.25. The molecule has 22 heavy (non-hydrogen) atoms. The smallest absolute Gasteiger partial charge is 0.252 e. The van der Waals surface area contributed by atoms with E-state index in [0.717, 1.165) is 19.4 Å². The molecule has 1 aromatic rings. The summed E-state index contributed by atoms with van der Waals surface area (Å²) in [6.07, 6.45) is 1.21. The number of ether oxygens (including phenoxy) is 1. The maximum atomic E-state index is 12.2. The third-order valence-electron chi connectivity index (χ3n) is 3.28. The monoisotopic (exact) mass is 384 g/mol. The topological polar surface area (TPSA) is 50.4 Å². The zero-order valence-corrected chi connectivity index (χ0v) is 14.6. The molecule has 2 rings (SSSR count). The normalized spacial score (nSPS) is 19.9. The van der Waals surface area contributed by atoms with Gasteiger partial charge in [-0.15, -0.1) is 0 Å². The second kappa shape index (κ2) is 8.04. The molecule has 1 aliphatic rings. The first-order valence-electron chi connectivity index (χ1n) is 6.84. The van der Waals surface area contributed by atoms with E-state index in [1.54, 1.807) is 24.3 Å². The lowest BCUT2D eigenvalue weighted by molar-refractivity contribution is 0.0897. The van der Waals surface area contributed by atoms with Crippen molar-refractivity contribution in [2.24, 2.45) is 0 Å². The summed E-state index contributed by atoms with van der Waals surface area (Å²) in [4.78, 5) is 12.2. The Morgan fingerprint density at radius 2 is 2.00 bits per heavy atom. The Morgan fingerprint density at radius 3 is 2.55 bits per heavy atom. The van der Waals surface area contributed by atoms with Gasteiger partial charge in [0.15, 0.2) is 0 Å². The molecule has 0 radical (unpaired) electrons. The van der Waals surface area contributed by atoms with Gasteiger partial charge in [-0.25, -0.2) is 0 Å². The molecule has 0 unspecified atom stereocenters. The molecule has 1 heterocycles. The summed E-state index contributed by atoms with van der Waals surface area (Å²) in [6, 6.07) is 6.46. The third-order valence-corrected chi connectivity index (χ3v) is 4.19. The van der Waals surface area contributed by atoms with Crippen molar-refractivity contribution in [1.29, 1.82) is 0 Å². The molecule has 2 N–H and O–H groups in total. The first kappa shape index (κ1) is 18.1. The largest absolute Gasteiger partial charge is 0.377 e. The molecule has 8 heteroatoms. The van der Waals surface area contributed by atoms with Crippen LogP contribution in [0.2, 0.25) is 5.02 Å². The molecule has 0 saturated carbocycles. The van der Waals surface area contributed by atoms with Gasteiger partial charge in [0, 0.05) is 23.7 Å². The number of alkyl halides is 3. The molecule has 2 atom stereocenters. The Morgan fingerprint density at radius 1 is 1.32 bits per heavy atom. The van der Waals surface area contributed by atoms with Gasteiger partial charge in [-0.2, -0.15) is 0 Å². The standard InChI is InChI=1S/C14H16Cl4N2O2/c15-10-5-3-9(4-6-10)12(21)20-13(14(16,17)18)19-8-11-2-1-7-22-11/h3-6,11,13,19H,1-2,7-8H2,(H,20,21)/t11-,13+/m0/s1. The summed E-state index contributed by atoms with van der Waals surface area (Å²) in [6.45, 7) is 1.24. The number of hydrogen-bond acceptors (Lipinski definition) is 3. The minimum atomic E-state index is -1.68. The van der Waals surface area contributed by atoms with Gasteiger partial charge >= 0.3 is 0 Å². The van der Waals surface area contributed by atoms with Crippen molar-refractivity contribution >= 4 is 52.3 Å². The zero-order chi connectivity index (χ0) is 16.2. The van der Waals surface area contributed by atoms with Crippen LogP contribution < -0.4 is 10.6 Å². The molecule has 1 aliphatic heterocycles. The van der Waals surface area contributed by atoms with Crippen molar-refractivity contribution in [2.75, 3.05) is 13.2 Å². The number of hydrogen-bond donors (Lipinski definition) is 2. The van der Waals surface area contributed by atoms with Crippen molar-refractivity contribution < 1.29 is 9.53 Å². The first-order valence-corrected chi connectivity index (χ1v) is 8.35. The number of benzene rings is 1. The maximum Gasteiger partial charge on any atom is 0.252 e. The van der Waals surface area contributed by atoms with Crippen LogP contribution in [-0.2, 0) is 4.74 Å². The van der Waals surface area contributed by atoms with Crippen LogP contribution in [0.4, 0.5) is 0 Å². The second-order valence-electron chi connectivity index (χ2n) is 5.00. The fourth-order valence-electron chi connectivity index (χ4n) is 2.12. The summed E-state index contributed by atoms with van der Waals surface area (Å²) in [5.41, 5.74) is 0.433. The highest BCUT2D eigenvalue weighted by molar-refractivity contribution is 6.68. The molecular formula is C14H16Cl4N2O2. The lowest BCUT2D eigenvalue weighted by atomic mass is 10.2. The van der Waals surface area contributed by atoms with Gasteiger partial charge in [0.1, 0.15) is 6.17 Å². The Bertz CT molecular complexity index is 499. The summed E-state index contributed by atoms with van der Waals surface area (Å²) in [5.74, 6) is -0.354. The Hall–Kier alpha value is -0.230. The van der Waals surface area contributed by atoms with Crippen molar-refractivity contribution in [2.45, 2.75) is 28.9 Å². The molecule has 0 bridgehead atoms. The van der Waals surface area contributed by atoms with E-state index in [2.05, 4.69) is 10.6 Å². The maximum absolute atomic E-state index is 12.2. The minimum absolute atomic E-state index is 0.0716. The average Bonchev–Trinajstić information content (AvgIpc) is 2.96. The highest BCUT2D eigenvalue weighted by Gasteiger charge is 2.34. The molecule has 1 aromatic carbocycles. The van der Waals surface area contributed by atoms with Gasteiger partial charge in [0.05, 0.1) is 6.10 Å². The predicted molar refractivity (Wildman–Crippen MR) is 90.0 cm³/mol. The molecule has 0 spiro atoms. The van der Waals surface area contributed by atoms with E-state index >= 15 is 0 Å². The Balaban J connectivity index is 1.96. The van der Waals surface area contributed by atoms with Crippen molar-refractivity contribution in [3.8, 4) is 0 Å². The Labute approximate surface area is 149 Å². The van der Waals surface area contributed by atoms with E-state index < -0.39 is 9.96 Å². The molecule has 1 amide bonds. The van der Waals surface area contributed by atoms with E-state index in [1.807, 2.05) is 0 Å². The summed E-state index contributed by atoms with van der Waals surface area (Å²) >= 11 is 23.6. The average molecular weight is 386 g/mol. The lowest BCUT2D eigenvalue weighted by Gasteiger charge is -2.27. The first-order chi connectivity index (χ1) is 10.4. The SMILES string of the molecule is O=C(N[C@@H](NC[C@@H]1CCCO1)C(Cl)(Cl)Cl)c1ccc(Cl)cc1. The van der Waals surface area contributed by atoms with Crippen molar-refractivity contribution in [1.82, 2.24) is 10.6 Å². The molecule has 0 aliphatic carbocycles. The van der Waals surface area contributed by atoms with Crippen LogP contribution in [0.1, 0.15) is 23.2 Å². The second-order valence-corrected chi connectivity index (χ2v) is 7.80. The van der Waals surface area contributed by atoms with Gasteiger partial charge < -0.3 is 10.1 Å². The van der Waals surface area contributed by atoms with Crippen LogP contribution in [0.5, 0.6) is 0 Å². The summed E-state index contributed by atoms with van der Waals surface area (Å²) in [7, 11) is 0. The fourth-order valence-corrected chi connectivity index (χ4v) is 2.64. The number of carbonyl (C=O) groups is 1. The third kappa shape index (κ3) is 5.44. The molecule has 0 aromatic heterocycles. The van der Waals surface area contributed by atoms with Gasteiger partial charge in [-0.1, -0.05) is 46.4 Å². The molecular weight excluding hydrogens is 370 g/mol. The highest BCUT2D eigenvalue weighted by atomic mass is 35.6. The minimum Gasteiger partial charge on any atom is -0.377 e. The molecule has 1 fully saturated rings. The van der Waals surface area contributed by atoms with Crippen molar-refractivity contribution in [3.05, 3.63) is 34.9 Å². The lowest BCUT2D eigenvalue weighted by Crippen LogP contribution is -2.54. The van der Waals surface area contributed by atoms with E-state index in [0.29, 0.717) is 17.1 Å². The number of carbonyl (C=O) groups excluding carboxylic acids is 1. The van der Waals surface area contributed by atoms with Crippen LogP contribution in [0.25, 0.3) is 0 Å². The Kier molecular flexibility index (Phi) is 6.62. The van der Waals surface area contributed by atoms with Gasteiger partial charge in [-0.05, 0) is 37.1 Å². The van der Waals surface area contributed by atoms with Gasteiger partial charge in [-0.3, -0.25) is 10.1 Å². The van der Waals surface area contributed by atoms with Gasteiger partial charge in [0.25, 0.3) is 5.91 Å². The number of rotatable bonds is 5. The number of amides is 1. The van der Waals surface area contributed by atoms with Crippen LogP contribution in [-0.4, -0.2) is 35.1 Å². The molecule has 4 nitrogen and oxygen atoms in total. The number of halogens is 4.